The Morgan fingerprint density at radius 1 is 0.875 bits per heavy atom. The molecule has 0 aliphatic rings. The number of aromatic nitrogens is 1. The van der Waals surface area contributed by atoms with E-state index < -0.39 is 0 Å². The van der Waals surface area contributed by atoms with Crippen LogP contribution in [0.5, 0.6) is 0 Å². The van der Waals surface area contributed by atoms with Gasteiger partial charge in [0, 0.05) is 34.7 Å². The maximum Gasteiger partial charge on any atom is 0.0493 e. The highest BCUT2D eigenvalue weighted by Crippen LogP contribution is 2.28. The molecule has 1 N–H and O–H groups in total. The predicted octanol–water partition coefficient (Wildman–Crippen LogP) is 7.03. The number of halogens is 1. The second kappa shape index (κ2) is 13.0. The summed E-state index contributed by atoms with van der Waals surface area (Å²) in [5.41, 5.74) is 5.18. The van der Waals surface area contributed by atoms with Crippen molar-refractivity contribution in [2.24, 2.45) is 0 Å². The first kappa shape index (κ1) is 24.8. The topological polar surface area (TPSA) is 20.2 Å². The third-order valence-corrected chi connectivity index (χ3v) is 6.80. The molecular weight excluding hydrogens is 414 g/mol. The summed E-state index contributed by atoms with van der Waals surface area (Å²) in [7, 11) is 0. The lowest BCUT2D eigenvalue weighted by Gasteiger charge is -2.22. The summed E-state index contributed by atoms with van der Waals surface area (Å²) in [6, 6.07) is 16.9. The molecule has 0 saturated carbocycles. The van der Waals surface area contributed by atoms with Gasteiger partial charge in [0.2, 0.25) is 0 Å². The molecule has 0 spiro atoms. The molecule has 0 saturated heterocycles. The zero-order valence-corrected chi connectivity index (χ0v) is 20.9. The lowest BCUT2D eigenvalue weighted by atomic mass is 10.1. The molecule has 0 amide bonds. The molecule has 32 heavy (non-hydrogen) atoms. The number of rotatable bonds is 14. The quantitative estimate of drug-likeness (QED) is 0.264. The van der Waals surface area contributed by atoms with Gasteiger partial charge in [0.05, 0.1) is 0 Å². The van der Waals surface area contributed by atoms with Crippen molar-refractivity contribution in [3.8, 4) is 0 Å². The molecular formula is C28H40ClN3. The number of benzene rings is 2. The van der Waals surface area contributed by atoms with Crippen LogP contribution in [0.25, 0.3) is 10.9 Å². The minimum atomic E-state index is 0.801. The smallest absolute Gasteiger partial charge is 0.0493 e. The lowest BCUT2D eigenvalue weighted by Crippen LogP contribution is -2.29. The van der Waals surface area contributed by atoms with Crippen molar-refractivity contribution in [2.75, 3.05) is 26.2 Å². The highest BCUT2D eigenvalue weighted by atomic mass is 35.5. The minimum absolute atomic E-state index is 0.801. The number of hydrogen-bond acceptors (Lipinski definition) is 2. The zero-order chi connectivity index (χ0) is 22.8. The number of para-hydroxylation sites is 1. The van der Waals surface area contributed by atoms with Crippen molar-refractivity contribution < 1.29 is 0 Å². The number of unbranched alkanes of at least 4 members (excludes halogenated alkanes) is 2. The Morgan fingerprint density at radius 3 is 2.25 bits per heavy atom. The number of fused-ring (bicyclic) bond motifs is 1. The first-order valence-corrected chi connectivity index (χ1v) is 12.8. The molecule has 0 unspecified atom stereocenters. The molecule has 0 aliphatic carbocycles. The molecule has 0 radical (unpaired) electrons. The Bertz CT molecular complexity index is 954. The Balaban J connectivity index is 1.62. The van der Waals surface area contributed by atoms with E-state index in [1.54, 1.807) is 0 Å². The lowest BCUT2D eigenvalue weighted by molar-refractivity contribution is 0.261. The summed E-state index contributed by atoms with van der Waals surface area (Å²) in [4.78, 5) is 2.65. The fourth-order valence-corrected chi connectivity index (χ4v) is 4.66. The average molecular weight is 454 g/mol. The Labute approximate surface area is 199 Å². The summed E-state index contributed by atoms with van der Waals surface area (Å²) in [5.74, 6) is 0. The predicted molar refractivity (Wildman–Crippen MR) is 140 cm³/mol. The van der Waals surface area contributed by atoms with Crippen LogP contribution in [-0.4, -0.2) is 35.6 Å². The molecule has 3 aromatic rings. The maximum atomic E-state index is 6.46. The van der Waals surface area contributed by atoms with Crippen LogP contribution in [0.4, 0.5) is 0 Å². The first-order chi connectivity index (χ1) is 15.7. The summed E-state index contributed by atoms with van der Waals surface area (Å²) in [6.45, 7) is 13.2. The van der Waals surface area contributed by atoms with Crippen LogP contribution in [0.2, 0.25) is 5.02 Å². The van der Waals surface area contributed by atoms with Gasteiger partial charge in [0.25, 0.3) is 0 Å². The Hall–Kier alpha value is -1.81. The van der Waals surface area contributed by atoms with E-state index in [0.29, 0.717) is 0 Å². The van der Waals surface area contributed by atoms with E-state index >= 15 is 0 Å². The van der Waals surface area contributed by atoms with Crippen LogP contribution in [-0.2, 0) is 13.1 Å². The minimum Gasteiger partial charge on any atom is -0.340 e. The molecule has 0 aliphatic heterocycles. The van der Waals surface area contributed by atoms with Crippen LogP contribution >= 0.6 is 11.6 Å². The second-order valence-corrected chi connectivity index (χ2v) is 9.24. The fourth-order valence-electron chi connectivity index (χ4n) is 4.47. The maximum absolute atomic E-state index is 6.46. The molecule has 0 fully saturated rings. The summed E-state index contributed by atoms with van der Waals surface area (Å²) in [5, 5.41) is 5.90. The van der Waals surface area contributed by atoms with E-state index in [-0.39, 0.29) is 0 Å². The molecule has 3 rings (SSSR count). The summed E-state index contributed by atoms with van der Waals surface area (Å²) < 4.78 is 2.41. The van der Waals surface area contributed by atoms with Gasteiger partial charge in [-0.15, -0.1) is 0 Å². The van der Waals surface area contributed by atoms with E-state index in [4.69, 9.17) is 11.6 Å². The molecule has 174 valence electrons. The van der Waals surface area contributed by atoms with Crippen LogP contribution in [0.1, 0.15) is 62.8 Å². The van der Waals surface area contributed by atoms with Crippen molar-refractivity contribution in [2.45, 2.75) is 66.0 Å². The molecule has 0 atom stereocenters. The third-order valence-electron chi connectivity index (χ3n) is 6.43. The second-order valence-electron chi connectivity index (χ2n) is 8.84. The van der Waals surface area contributed by atoms with Crippen molar-refractivity contribution in [1.82, 2.24) is 14.8 Å². The van der Waals surface area contributed by atoms with E-state index in [1.807, 2.05) is 12.1 Å². The van der Waals surface area contributed by atoms with E-state index in [9.17, 15) is 0 Å². The zero-order valence-electron chi connectivity index (χ0n) is 20.2. The van der Waals surface area contributed by atoms with Gasteiger partial charge in [-0.2, -0.15) is 0 Å². The van der Waals surface area contributed by atoms with Gasteiger partial charge in [-0.25, -0.2) is 0 Å². The number of hydrogen-bond donors (Lipinski definition) is 1. The Kier molecular flexibility index (Phi) is 10.1. The van der Waals surface area contributed by atoms with Crippen LogP contribution < -0.4 is 5.32 Å². The van der Waals surface area contributed by atoms with Crippen LogP contribution in [0, 0.1) is 6.92 Å². The van der Waals surface area contributed by atoms with Crippen LogP contribution in [0.3, 0.4) is 0 Å². The largest absolute Gasteiger partial charge is 0.340 e. The van der Waals surface area contributed by atoms with Crippen molar-refractivity contribution in [1.29, 1.82) is 0 Å². The standard InChI is InChI=1S/C28H40ClN3/c1-4-6-18-31(19-7-5-2)20-12-17-30-21-26-23(3)32(28-16-11-9-14-25(26)28)22-24-13-8-10-15-27(24)29/h8-11,13-16,30H,4-7,12,17-22H2,1-3H3. The van der Waals surface area contributed by atoms with Gasteiger partial charge in [0.1, 0.15) is 0 Å². The SMILES string of the molecule is CCCCN(CCCC)CCCNCc1c(C)n(Cc2ccccc2Cl)c2ccccc12. The summed E-state index contributed by atoms with van der Waals surface area (Å²) >= 11 is 6.46. The van der Waals surface area contributed by atoms with Gasteiger partial charge in [-0.3, -0.25) is 0 Å². The number of nitrogens with one attached hydrogen (secondary N) is 1. The molecule has 2 aromatic carbocycles. The van der Waals surface area contributed by atoms with E-state index in [1.165, 1.54) is 73.9 Å². The molecule has 1 aromatic heterocycles. The average Bonchev–Trinajstić information content (AvgIpc) is 3.07. The molecule has 1 heterocycles. The first-order valence-electron chi connectivity index (χ1n) is 12.4. The van der Waals surface area contributed by atoms with Crippen LogP contribution in [0.15, 0.2) is 48.5 Å². The van der Waals surface area contributed by atoms with Gasteiger partial charge in [0.15, 0.2) is 0 Å². The van der Waals surface area contributed by atoms with Gasteiger partial charge >= 0.3 is 0 Å². The van der Waals surface area contributed by atoms with Gasteiger partial charge in [-0.05, 0) is 75.6 Å². The third kappa shape index (κ3) is 6.60. The normalized spacial score (nSPS) is 11.7. The van der Waals surface area contributed by atoms with E-state index in [2.05, 4.69) is 72.0 Å². The van der Waals surface area contributed by atoms with Gasteiger partial charge in [-0.1, -0.05) is 74.7 Å². The molecule has 3 nitrogen and oxygen atoms in total. The van der Waals surface area contributed by atoms with Crippen molar-refractivity contribution >= 4 is 22.5 Å². The highest BCUT2D eigenvalue weighted by molar-refractivity contribution is 6.31. The van der Waals surface area contributed by atoms with E-state index in [0.717, 1.165) is 30.2 Å². The monoisotopic (exact) mass is 453 g/mol. The molecule has 4 heteroatoms. The fraction of sp³-hybridized carbons (Fsp3) is 0.500. The van der Waals surface area contributed by atoms with Gasteiger partial charge < -0.3 is 14.8 Å². The Morgan fingerprint density at radius 2 is 1.53 bits per heavy atom. The summed E-state index contributed by atoms with van der Waals surface area (Å²) in [6.07, 6.45) is 6.37. The van der Waals surface area contributed by atoms with Crippen molar-refractivity contribution in [3.63, 3.8) is 0 Å². The van der Waals surface area contributed by atoms with Crippen molar-refractivity contribution in [3.05, 3.63) is 70.4 Å². The number of nitrogens with zero attached hydrogens (tertiary/aromatic N) is 2. The molecule has 0 bridgehead atoms. The highest BCUT2D eigenvalue weighted by Gasteiger charge is 2.14.